The van der Waals surface area contributed by atoms with E-state index in [1.54, 1.807) is 6.07 Å². The molecule has 2 N–H and O–H groups in total. The van der Waals surface area contributed by atoms with Crippen LogP contribution < -0.4 is 19.8 Å². The van der Waals surface area contributed by atoms with E-state index in [0.29, 0.717) is 11.5 Å². The molecule has 0 bridgehead atoms. The van der Waals surface area contributed by atoms with Gasteiger partial charge in [-0.3, -0.25) is 4.79 Å². The summed E-state index contributed by atoms with van der Waals surface area (Å²) in [5.41, 5.74) is 4.69. The number of fused-ring (bicyclic) bond motifs is 1. The fraction of sp³-hybridized carbons (Fsp3) is 0.364. The number of para-hydroxylation sites is 2. The molecule has 29 heavy (non-hydrogen) atoms. The summed E-state index contributed by atoms with van der Waals surface area (Å²) in [5.74, 6) is 0.901. The number of benzene rings is 2. The number of hydrazone groups is 1. The van der Waals surface area contributed by atoms with Gasteiger partial charge < -0.3 is 19.1 Å². The standard InChI is InChI=1S/C22H25N3O4/c1-16(21(17-7-3-2-4-8-17)25-11-13-27-14-12-25)23-24-22(26)20-15-28-18-9-5-6-10-19(18)29-20/h2-10,20-21H,11-15H2,1H3,(H,24,26)/p+1/b23-16-/t20-,21-/m1/s1. The number of nitrogens with one attached hydrogen (secondary N) is 2. The summed E-state index contributed by atoms with van der Waals surface area (Å²) in [6, 6.07) is 17.6. The average molecular weight is 396 g/mol. The fourth-order valence-electron chi connectivity index (χ4n) is 3.77. The van der Waals surface area contributed by atoms with Crippen LogP contribution in [0.2, 0.25) is 0 Å². The quantitative estimate of drug-likeness (QED) is 0.584. The van der Waals surface area contributed by atoms with Gasteiger partial charge in [-0.25, -0.2) is 5.43 Å². The third-order valence-corrected chi connectivity index (χ3v) is 5.24. The van der Waals surface area contributed by atoms with Gasteiger partial charge in [-0.15, -0.1) is 0 Å². The van der Waals surface area contributed by atoms with E-state index in [2.05, 4.69) is 22.7 Å². The van der Waals surface area contributed by atoms with Crippen LogP contribution in [-0.2, 0) is 9.53 Å². The summed E-state index contributed by atoms with van der Waals surface area (Å²) in [4.78, 5) is 14.0. The molecule has 0 saturated carbocycles. The molecule has 0 aromatic heterocycles. The Morgan fingerprint density at radius 3 is 2.52 bits per heavy atom. The number of carbonyl (C=O) groups excluding carboxylic acids is 1. The monoisotopic (exact) mass is 396 g/mol. The Hall–Kier alpha value is -2.90. The number of carbonyl (C=O) groups is 1. The van der Waals surface area contributed by atoms with Crippen molar-refractivity contribution in [1.82, 2.24) is 5.43 Å². The first-order chi connectivity index (χ1) is 14.2. The Balaban J connectivity index is 1.46. The fourth-order valence-corrected chi connectivity index (χ4v) is 3.77. The molecular weight excluding hydrogens is 370 g/mol. The minimum Gasteiger partial charge on any atom is -0.485 e. The minimum absolute atomic E-state index is 0.0599. The molecule has 2 aromatic carbocycles. The smallest absolute Gasteiger partial charge is 0.284 e. The van der Waals surface area contributed by atoms with E-state index in [0.717, 1.165) is 32.0 Å². The Morgan fingerprint density at radius 1 is 1.07 bits per heavy atom. The molecule has 4 rings (SSSR count). The van der Waals surface area contributed by atoms with Crippen LogP contribution in [-0.4, -0.2) is 50.6 Å². The molecule has 2 aliphatic rings. The number of quaternary nitrogens is 1. The maximum atomic E-state index is 12.6. The first-order valence-electron chi connectivity index (χ1n) is 9.92. The largest absolute Gasteiger partial charge is 0.485 e. The first-order valence-corrected chi connectivity index (χ1v) is 9.92. The maximum Gasteiger partial charge on any atom is 0.284 e. The van der Waals surface area contributed by atoms with Gasteiger partial charge in [-0.2, -0.15) is 5.10 Å². The van der Waals surface area contributed by atoms with Gasteiger partial charge in [0, 0.05) is 5.56 Å². The molecule has 0 unspecified atom stereocenters. The van der Waals surface area contributed by atoms with Gasteiger partial charge in [0.1, 0.15) is 19.7 Å². The second-order valence-electron chi connectivity index (χ2n) is 7.21. The third kappa shape index (κ3) is 4.58. The maximum absolute atomic E-state index is 12.6. The topological polar surface area (TPSA) is 73.6 Å². The summed E-state index contributed by atoms with van der Waals surface area (Å²) in [5, 5.41) is 4.43. The third-order valence-electron chi connectivity index (χ3n) is 5.24. The van der Waals surface area contributed by atoms with Crippen LogP contribution >= 0.6 is 0 Å². The number of hydrogen-bond acceptors (Lipinski definition) is 5. The zero-order valence-corrected chi connectivity index (χ0v) is 16.5. The lowest BCUT2D eigenvalue weighted by molar-refractivity contribution is -0.928. The van der Waals surface area contributed by atoms with Gasteiger partial charge in [0.2, 0.25) is 6.10 Å². The highest BCUT2D eigenvalue weighted by atomic mass is 16.6. The van der Waals surface area contributed by atoms with Gasteiger partial charge in [0.05, 0.1) is 18.9 Å². The molecule has 0 spiro atoms. The molecule has 0 aliphatic carbocycles. The summed E-state index contributed by atoms with van der Waals surface area (Å²) in [6.07, 6.45) is -0.729. The molecule has 2 atom stereocenters. The lowest BCUT2D eigenvalue weighted by atomic mass is 10.0. The van der Waals surface area contributed by atoms with Crippen LogP contribution in [0.5, 0.6) is 11.5 Å². The summed E-state index contributed by atoms with van der Waals surface area (Å²) < 4.78 is 16.9. The van der Waals surface area contributed by atoms with Crippen LogP contribution in [0.3, 0.4) is 0 Å². The normalized spacial score (nSPS) is 20.7. The van der Waals surface area contributed by atoms with Crippen molar-refractivity contribution in [3.05, 3.63) is 60.2 Å². The van der Waals surface area contributed by atoms with Crippen molar-refractivity contribution in [2.45, 2.75) is 19.1 Å². The lowest BCUT2D eigenvalue weighted by Gasteiger charge is -2.31. The SMILES string of the molecule is C/C(=N/NC(=O)[C@H]1COc2ccccc2O1)[C@H](c1ccccc1)[NH+]1CCOCC1. The number of hydrogen-bond donors (Lipinski definition) is 2. The van der Waals surface area contributed by atoms with Gasteiger partial charge in [-0.05, 0) is 19.1 Å². The van der Waals surface area contributed by atoms with E-state index in [-0.39, 0.29) is 18.6 Å². The minimum atomic E-state index is -0.729. The zero-order chi connectivity index (χ0) is 20.1. The highest BCUT2D eigenvalue weighted by Gasteiger charge is 2.30. The molecular formula is C22H26N3O4+. The highest BCUT2D eigenvalue weighted by molar-refractivity contribution is 5.89. The Bertz CT molecular complexity index is 865. The summed E-state index contributed by atoms with van der Waals surface area (Å²) >= 11 is 0. The molecule has 2 aromatic rings. The molecule has 7 heteroatoms. The molecule has 7 nitrogen and oxygen atoms in total. The van der Waals surface area contributed by atoms with E-state index < -0.39 is 6.10 Å². The van der Waals surface area contributed by atoms with Crippen LogP contribution in [0.4, 0.5) is 0 Å². The number of morpholine rings is 1. The van der Waals surface area contributed by atoms with Gasteiger partial charge in [0.25, 0.3) is 5.91 Å². The summed E-state index contributed by atoms with van der Waals surface area (Å²) in [7, 11) is 0. The van der Waals surface area contributed by atoms with Crippen molar-refractivity contribution < 1.29 is 23.9 Å². The van der Waals surface area contributed by atoms with E-state index in [1.165, 1.54) is 10.5 Å². The number of amides is 1. The van der Waals surface area contributed by atoms with Crippen LogP contribution in [0.15, 0.2) is 59.7 Å². The first kappa shape index (κ1) is 19.4. The van der Waals surface area contributed by atoms with Crippen molar-refractivity contribution in [3.63, 3.8) is 0 Å². The molecule has 2 heterocycles. The highest BCUT2D eigenvalue weighted by Crippen LogP contribution is 2.30. The molecule has 1 saturated heterocycles. The van der Waals surface area contributed by atoms with Crippen molar-refractivity contribution in [3.8, 4) is 11.5 Å². The Labute approximate surface area is 170 Å². The van der Waals surface area contributed by atoms with Crippen LogP contribution in [0, 0.1) is 0 Å². The average Bonchev–Trinajstić information content (AvgIpc) is 2.79. The van der Waals surface area contributed by atoms with E-state index >= 15 is 0 Å². The van der Waals surface area contributed by atoms with Crippen molar-refractivity contribution in [2.75, 3.05) is 32.9 Å². The van der Waals surface area contributed by atoms with E-state index in [1.807, 2.05) is 43.3 Å². The van der Waals surface area contributed by atoms with Gasteiger partial charge in [0.15, 0.2) is 17.5 Å². The molecule has 1 fully saturated rings. The van der Waals surface area contributed by atoms with Gasteiger partial charge in [-0.1, -0.05) is 42.5 Å². The van der Waals surface area contributed by atoms with E-state index in [4.69, 9.17) is 14.2 Å². The molecule has 0 radical (unpaired) electrons. The lowest BCUT2D eigenvalue weighted by Crippen LogP contribution is -3.15. The molecule has 152 valence electrons. The Kier molecular flexibility index (Phi) is 6.07. The van der Waals surface area contributed by atoms with Crippen molar-refractivity contribution >= 4 is 11.6 Å². The zero-order valence-electron chi connectivity index (χ0n) is 16.5. The second-order valence-corrected chi connectivity index (χ2v) is 7.21. The number of rotatable bonds is 5. The summed E-state index contributed by atoms with van der Waals surface area (Å²) in [6.45, 7) is 5.37. The van der Waals surface area contributed by atoms with Crippen LogP contribution in [0.1, 0.15) is 18.5 Å². The Morgan fingerprint density at radius 2 is 1.76 bits per heavy atom. The molecule has 2 aliphatic heterocycles. The van der Waals surface area contributed by atoms with Gasteiger partial charge >= 0.3 is 0 Å². The van der Waals surface area contributed by atoms with E-state index in [9.17, 15) is 4.79 Å². The predicted octanol–water partition coefficient (Wildman–Crippen LogP) is 0.975. The van der Waals surface area contributed by atoms with Crippen LogP contribution in [0.25, 0.3) is 0 Å². The predicted molar refractivity (Wildman–Crippen MR) is 108 cm³/mol. The number of nitrogens with zero attached hydrogens (tertiary/aromatic N) is 1. The molecule has 1 amide bonds. The van der Waals surface area contributed by atoms with Crippen molar-refractivity contribution in [2.24, 2.45) is 5.10 Å². The van der Waals surface area contributed by atoms with Crippen molar-refractivity contribution in [1.29, 1.82) is 0 Å². The number of ether oxygens (including phenoxy) is 3. The second kappa shape index (κ2) is 9.07.